The van der Waals surface area contributed by atoms with Gasteiger partial charge in [-0.15, -0.1) is 0 Å². The Balaban J connectivity index is 1.46. The number of nitrogens with two attached hydrogens (primary N) is 2. The third-order valence-electron chi connectivity index (χ3n) is 6.93. The molecule has 1 unspecified atom stereocenters. The molecule has 1 spiro atoms. The summed E-state index contributed by atoms with van der Waals surface area (Å²) in [6, 6.07) is 13.6. The third kappa shape index (κ3) is 4.60. The number of carbonyl (C=O) groups excluding carboxylic acids is 1. The molecule has 5 nitrogen and oxygen atoms in total. The second kappa shape index (κ2) is 8.92. The zero-order valence-electron chi connectivity index (χ0n) is 18.2. The van der Waals surface area contributed by atoms with Gasteiger partial charge in [0.05, 0.1) is 5.56 Å². The number of amides is 1. The molecule has 174 valence electrons. The maximum Gasteiger partial charge on any atom is 0.416 e. The number of amidine groups is 1. The van der Waals surface area contributed by atoms with Crippen molar-refractivity contribution in [1.29, 1.82) is 0 Å². The van der Waals surface area contributed by atoms with Crippen molar-refractivity contribution < 1.29 is 18.0 Å². The molecule has 1 aliphatic heterocycles. The summed E-state index contributed by atoms with van der Waals surface area (Å²) in [5.41, 5.74) is 7.65. The van der Waals surface area contributed by atoms with Crippen molar-refractivity contribution in [3.05, 3.63) is 76.9 Å². The van der Waals surface area contributed by atoms with Crippen molar-refractivity contribution >= 4 is 17.8 Å². The molecule has 4 N–H and O–H groups in total. The molecule has 1 atom stereocenters. The van der Waals surface area contributed by atoms with E-state index in [1.165, 1.54) is 41.5 Å². The van der Waals surface area contributed by atoms with Crippen LogP contribution in [0, 0.1) is 0 Å². The minimum Gasteiger partial charge on any atom is -0.386 e. The number of alkyl halides is 3. The zero-order valence-corrected chi connectivity index (χ0v) is 18.2. The highest BCUT2D eigenvalue weighted by atomic mass is 19.4. The van der Waals surface area contributed by atoms with Gasteiger partial charge in [-0.2, -0.15) is 18.3 Å². The van der Waals surface area contributed by atoms with Gasteiger partial charge in [0, 0.05) is 25.6 Å². The number of nitrogens with zero attached hydrogens (tertiary/aromatic N) is 2. The van der Waals surface area contributed by atoms with E-state index in [-0.39, 0.29) is 22.8 Å². The lowest BCUT2D eigenvalue weighted by Crippen LogP contribution is -2.44. The monoisotopic (exact) mass is 456 g/mol. The quantitative estimate of drug-likeness (QED) is 0.235. The van der Waals surface area contributed by atoms with E-state index in [4.69, 9.17) is 11.6 Å². The van der Waals surface area contributed by atoms with Gasteiger partial charge in [0.1, 0.15) is 5.84 Å². The first-order chi connectivity index (χ1) is 15.7. The van der Waals surface area contributed by atoms with Crippen molar-refractivity contribution in [3.63, 3.8) is 0 Å². The smallest absolute Gasteiger partial charge is 0.386 e. The van der Waals surface area contributed by atoms with Crippen LogP contribution in [0.3, 0.4) is 0 Å². The summed E-state index contributed by atoms with van der Waals surface area (Å²) >= 11 is 0. The van der Waals surface area contributed by atoms with Crippen LogP contribution in [-0.2, 0) is 16.4 Å². The minimum absolute atomic E-state index is 0.0152. The number of likely N-dealkylation sites (tertiary alicyclic amines) is 1. The van der Waals surface area contributed by atoms with Crippen molar-refractivity contribution in [2.75, 3.05) is 13.1 Å². The molecule has 4 rings (SSSR count). The molecule has 1 fully saturated rings. The van der Waals surface area contributed by atoms with E-state index in [1.807, 2.05) is 12.1 Å². The molecule has 1 saturated heterocycles. The Labute approximate surface area is 190 Å². The van der Waals surface area contributed by atoms with Gasteiger partial charge in [-0.05, 0) is 59.4 Å². The summed E-state index contributed by atoms with van der Waals surface area (Å²) in [6.45, 7) is 1.09. The van der Waals surface area contributed by atoms with E-state index in [0.717, 1.165) is 25.3 Å². The topological polar surface area (TPSA) is 84.7 Å². The van der Waals surface area contributed by atoms with Crippen LogP contribution in [-0.4, -0.2) is 29.7 Å². The molecule has 0 saturated carbocycles. The van der Waals surface area contributed by atoms with Crippen LogP contribution in [0.15, 0.2) is 59.7 Å². The van der Waals surface area contributed by atoms with Gasteiger partial charge in [0.2, 0.25) is 5.91 Å². The number of hydrazone groups is 1. The van der Waals surface area contributed by atoms with Gasteiger partial charge < -0.3 is 16.5 Å². The fourth-order valence-electron chi connectivity index (χ4n) is 5.31. The molecule has 8 heteroatoms. The first-order valence-electron chi connectivity index (χ1n) is 11.0. The van der Waals surface area contributed by atoms with Crippen molar-refractivity contribution in [2.45, 2.75) is 43.2 Å². The van der Waals surface area contributed by atoms with Crippen LogP contribution in [0.4, 0.5) is 13.2 Å². The van der Waals surface area contributed by atoms with Crippen LogP contribution < -0.4 is 11.6 Å². The highest BCUT2D eigenvalue weighted by Gasteiger charge is 2.45. The summed E-state index contributed by atoms with van der Waals surface area (Å²) in [5, 5.41) is 3.62. The van der Waals surface area contributed by atoms with Gasteiger partial charge >= 0.3 is 6.18 Å². The summed E-state index contributed by atoms with van der Waals surface area (Å²) in [5.74, 6) is 5.72. The average Bonchev–Trinajstić information content (AvgIpc) is 3.10. The number of rotatable bonds is 4. The van der Waals surface area contributed by atoms with E-state index in [0.29, 0.717) is 25.3 Å². The molecule has 0 bridgehead atoms. The highest BCUT2D eigenvalue weighted by molar-refractivity contribution is 5.92. The molecule has 33 heavy (non-hydrogen) atoms. The second-order valence-corrected chi connectivity index (χ2v) is 8.84. The van der Waals surface area contributed by atoms with Crippen LogP contribution in [0.5, 0.6) is 0 Å². The van der Waals surface area contributed by atoms with E-state index in [9.17, 15) is 18.0 Å². The Kier molecular flexibility index (Phi) is 6.19. The summed E-state index contributed by atoms with van der Waals surface area (Å²) in [6.07, 6.45) is 1.13. The third-order valence-corrected chi connectivity index (χ3v) is 6.93. The van der Waals surface area contributed by atoms with Crippen LogP contribution in [0.25, 0.3) is 6.08 Å². The SMILES string of the molecule is N/N=C(\N)CC1CC2(CCN(C(=O)/C=C/c3ccccc3C(F)(F)F)CC2)c2ccccc21. The molecular formula is C25H27F3N4O. The second-order valence-electron chi connectivity index (χ2n) is 8.84. The Bertz CT molecular complexity index is 1090. The number of hydrogen-bond acceptors (Lipinski definition) is 3. The average molecular weight is 457 g/mol. The van der Waals surface area contributed by atoms with Crippen LogP contribution in [0.2, 0.25) is 0 Å². The number of fused-ring (bicyclic) bond motifs is 2. The molecule has 1 amide bonds. The largest absolute Gasteiger partial charge is 0.416 e. The van der Waals surface area contributed by atoms with Gasteiger partial charge in [-0.1, -0.05) is 42.5 Å². The number of hydrogen-bond donors (Lipinski definition) is 2. The van der Waals surface area contributed by atoms with Gasteiger partial charge in [-0.25, -0.2) is 0 Å². The van der Waals surface area contributed by atoms with Crippen LogP contribution in [0.1, 0.15) is 53.9 Å². The van der Waals surface area contributed by atoms with Crippen molar-refractivity contribution in [2.24, 2.45) is 16.7 Å². The lowest BCUT2D eigenvalue weighted by atomic mass is 9.73. The fourth-order valence-corrected chi connectivity index (χ4v) is 5.31. The molecular weight excluding hydrogens is 429 g/mol. The minimum atomic E-state index is -4.47. The van der Waals surface area contributed by atoms with E-state index in [1.54, 1.807) is 4.90 Å². The number of piperidine rings is 1. The first-order valence-corrected chi connectivity index (χ1v) is 11.0. The summed E-state index contributed by atoms with van der Waals surface area (Å²) in [4.78, 5) is 14.5. The molecule has 2 aliphatic rings. The maximum atomic E-state index is 13.2. The van der Waals surface area contributed by atoms with Gasteiger partial charge in [0.15, 0.2) is 0 Å². The lowest BCUT2D eigenvalue weighted by molar-refractivity contribution is -0.137. The molecule has 0 radical (unpaired) electrons. The fraction of sp³-hybridized carbons (Fsp3) is 0.360. The highest BCUT2D eigenvalue weighted by Crippen LogP contribution is 2.52. The number of carbonyl (C=O) groups is 1. The molecule has 2 aromatic rings. The molecule has 1 aliphatic carbocycles. The van der Waals surface area contributed by atoms with Crippen LogP contribution >= 0.6 is 0 Å². The summed E-state index contributed by atoms with van der Waals surface area (Å²) < 4.78 is 39.6. The van der Waals surface area contributed by atoms with Gasteiger partial charge in [0.25, 0.3) is 0 Å². The predicted molar refractivity (Wildman–Crippen MR) is 122 cm³/mol. The van der Waals surface area contributed by atoms with E-state index >= 15 is 0 Å². The van der Waals surface area contributed by atoms with Crippen molar-refractivity contribution in [1.82, 2.24) is 4.90 Å². The Morgan fingerprint density at radius 3 is 2.48 bits per heavy atom. The standard InChI is InChI=1S/C25H27F3N4O/c26-25(27,28)20-7-3-1-5-17(20)9-10-23(33)32-13-11-24(12-14-32)16-18(15-22(29)31-30)19-6-2-4-8-21(19)24/h1-10,18H,11-16,30H2,(H2,29,31)/b10-9+. The Morgan fingerprint density at radius 2 is 1.79 bits per heavy atom. The normalized spacial score (nSPS) is 20.4. The molecule has 1 heterocycles. The Hall–Kier alpha value is -3.29. The summed E-state index contributed by atoms with van der Waals surface area (Å²) in [7, 11) is 0. The lowest BCUT2D eigenvalue weighted by Gasteiger charge is -2.40. The predicted octanol–water partition coefficient (Wildman–Crippen LogP) is 4.39. The zero-order chi connectivity index (χ0) is 23.6. The van der Waals surface area contributed by atoms with Gasteiger partial charge in [-0.3, -0.25) is 4.79 Å². The maximum absolute atomic E-state index is 13.2. The van der Waals surface area contributed by atoms with Crippen molar-refractivity contribution in [3.8, 4) is 0 Å². The first kappa shape index (κ1) is 22.9. The number of benzene rings is 2. The molecule has 0 aromatic heterocycles. The molecule has 2 aromatic carbocycles. The van der Waals surface area contributed by atoms with E-state index in [2.05, 4.69) is 17.2 Å². The van der Waals surface area contributed by atoms with E-state index < -0.39 is 11.7 Å². The number of halogens is 3. The Morgan fingerprint density at radius 1 is 1.12 bits per heavy atom.